The van der Waals surface area contributed by atoms with Crippen LogP contribution in [0.2, 0.25) is 0 Å². The van der Waals surface area contributed by atoms with E-state index in [2.05, 4.69) is 42.8 Å². The summed E-state index contributed by atoms with van der Waals surface area (Å²) < 4.78 is 2.22. The van der Waals surface area contributed by atoms with E-state index in [1.165, 1.54) is 28.1 Å². The molecule has 0 fully saturated rings. The maximum absolute atomic E-state index is 10.3. The smallest absolute Gasteiger partial charge is 0.120 e. The van der Waals surface area contributed by atoms with Crippen molar-refractivity contribution in [1.29, 1.82) is 0 Å². The molecule has 2 aromatic rings. The van der Waals surface area contributed by atoms with Crippen LogP contribution in [-0.2, 0) is 17.8 Å². The fourth-order valence-corrected chi connectivity index (χ4v) is 2.07. The minimum absolute atomic E-state index is 0.645. The van der Waals surface area contributed by atoms with Crippen LogP contribution >= 0.6 is 0 Å². The summed E-state index contributed by atoms with van der Waals surface area (Å²) in [4.78, 5) is 10.3. The Balaban J connectivity index is 2.46. The number of hydrogen-bond acceptors (Lipinski definition) is 1. The largest absolute Gasteiger partial charge is 0.343 e. The highest BCUT2D eigenvalue weighted by Crippen LogP contribution is 2.22. The van der Waals surface area contributed by atoms with E-state index in [9.17, 15) is 4.79 Å². The predicted octanol–water partition coefficient (Wildman–Crippen LogP) is 3.54. The number of rotatable bonds is 4. The summed E-state index contributed by atoms with van der Waals surface area (Å²) in [6.45, 7) is 5.07. The van der Waals surface area contributed by atoms with E-state index in [-0.39, 0.29) is 0 Å². The monoisotopic (exact) mass is 239 g/mol. The third kappa shape index (κ3) is 2.61. The number of allylic oxidation sites excluding steroid dienone is 3. The van der Waals surface area contributed by atoms with Crippen LogP contribution in [0.15, 0.2) is 48.2 Å². The molecule has 0 unspecified atom stereocenters. The summed E-state index contributed by atoms with van der Waals surface area (Å²) in [6.07, 6.45) is 6.50. The zero-order chi connectivity index (χ0) is 13.0. The van der Waals surface area contributed by atoms with Crippen molar-refractivity contribution in [2.45, 2.75) is 26.8 Å². The molecular formula is C16H17NO. The van der Waals surface area contributed by atoms with E-state index in [1.807, 2.05) is 18.1 Å². The van der Waals surface area contributed by atoms with Gasteiger partial charge in [0.15, 0.2) is 0 Å². The molecule has 1 heterocycles. The standard InChI is InChI=1S/C16H17NO/c1-13(2)9-10-17-12-14(6-5-11-18)15-7-3-4-8-16(15)17/h3-5,7-9,12H,6,10H2,1-2H3. The Bertz CT molecular complexity index is 624. The van der Waals surface area contributed by atoms with Crippen LogP contribution in [0.4, 0.5) is 0 Å². The average Bonchev–Trinajstić information content (AvgIpc) is 2.72. The molecule has 0 saturated carbocycles. The van der Waals surface area contributed by atoms with Crippen LogP contribution in [-0.4, -0.2) is 10.5 Å². The highest BCUT2D eigenvalue weighted by Gasteiger charge is 2.05. The SMILES string of the molecule is CC(C)=CCn1cc(CC=C=O)c2ccccc21. The molecule has 0 radical (unpaired) electrons. The lowest BCUT2D eigenvalue weighted by atomic mass is 10.1. The van der Waals surface area contributed by atoms with Gasteiger partial charge in [-0.1, -0.05) is 29.8 Å². The molecule has 0 aliphatic carbocycles. The molecule has 2 rings (SSSR count). The topological polar surface area (TPSA) is 22.0 Å². The fraction of sp³-hybridized carbons (Fsp3) is 0.250. The van der Waals surface area contributed by atoms with Crippen LogP contribution in [0.5, 0.6) is 0 Å². The quantitative estimate of drug-likeness (QED) is 0.591. The highest BCUT2D eigenvalue weighted by molar-refractivity contribution is 5.84. The van der Waals surface area contributed by atoms with Crippen LogP contribution in [0.1, 0.15) is 19.4 Å². The molecular weight excluding hydrogens is 222 g/mol. The van der Waals surface area contributed by atoms with Crippen molar-refractivity contribution < 1.29 is 4.79 Å². The lowest BCUT2D eigenvalue weighted by Gasteiger charge is -2.01. The molecule has 0 aliphatic rings. The first-order valence-corrected chi connectivity index (χ1v) is 6.12. The number of benzene rings is 1. The first kappa shape index (κ1) is 12.4. The molecule has 0 amide bonds. The molecule has 2 nitrogen and oxygen atoms in total. The van der Waals surface area contributed by atoms with Gasteiger partial charge in [-0.2, -0.15) is 0 Å². The lowest BCUT2D eigenvalue weighted by molar-refractivity contribution is 0.568. The Labute approximate surface area is 107 Å². The molecule has 2 heteroatoms. The maximum Gasteiger partial charge on any atom is 0.120 e. The normalized spacial score (nSPS) is 10.1. The first-order valence-electron chi connectivity index (χ1n) is 6.12. The molecule has 0 bridgehead atoms. The Hall–Kier alpha value is -2.05. The van der Waals surface area contributed by atoms with Gasteiger partial charge in [-0.3, -0.25) is 0 Å². The van der Waals surface area contributed by atoms with Crippen molar-refractivity contribution in [2.75, 3.05) is 0 Å². The zero-order valence-corrected chi connectivity index (χ0v) is 10.8. The minimum atomic E-state index is 0.645. The summed E-state index contributed by atoms with van der Waals surface area (Å²) in [7, 11) is 0. The summed E-state index contributed by atoms with van der Waals surface area (Å²) in [6, 6.07) is 8.28. The predicted molar refractivity (Wildman–Crippen MR) is 75.3 cm³/mol. The van der Waals surface area contributed by atoms with E-state index in [0.29, 0.717) is 6.42 Å². The molecule has 0 atom stereocenters. The number of nitrogens with zero attached hydrogens (tertiary/aromatic N) is 1. The highest BCUT2D eigenvalue weighted by atomic mass is 16.1. The molecule has 1 aromatic heterocycles. The summed E-state index contributed by atoms with van der Waals surface area (Å²) in [5.41, 5.74) is 3.70. The van der Waals surface area contributed by atoms with Crippen molar-refractivity contribution in [2.24, 2.45) is 0 Å². The van der Waals surface area contributed by atoms with E-state index in [4.69, 9.17) is 0 Å². The van der Waals surface area contributed by atoms with Crippen LogP contribution in [0, 0.1) is 0 Å². The molecule has 0 N–H and O–H groups in total. The molecule has 0 spiro atoms. The van der Waals surface area contributed by atoms with E-state index in [1.54, 1.807) is 0 Å². The number of hydrogen-bond donors (Lipinski definition) is 0. The average molecular weight is 239 g/mol. The maximum atomic E-state index is 10.3. The lowest BCUT2D eigenvalue weighted by Crippen LogP contribution is -1.92. The second-order valence-corrected chi connectivity index (χ2v) is 4.63. The van der Waals surface area contributed by atoms with Gasteiger partial charge >= 0.3 is 0 Å². The van der Waals surface area contributed by atoms with Gasteiger partial charge in [0.1, 0.15) is 5.94 Å². The molecule has 92 valence electrons. The number of aromatic nitrogens is 1. The number of para-hydroxylation sites is 1. The molecule has 0 saturated heterocycles. The van der Waals surface area contributed by atoms with Gasteiger partial charge in [-0.05, 0) is 25.5 Å². The van der Waals surface area contributed by atoms with Gasteiger partial charge in [0.25, 0.3) is 0 Å². The second kappa shape index (κ2) is 5.52. The van der Waals surface area contributed by atoms with Crippen LogP contribution in [0.25, 0.3) is 10.9 Å². The van der Waals surface area contributed by atoms with Gasteiger partial charge < -0.3 is 4.57 Å². The first-order chi connectivity index (χ1) is 8.72. The fourth-order valence-electron chi connectivity index (χ4n) is 2.07. The zero-order valence-electron chi connectivity index (χ0n) is 10.8. The Morgan fingerprint density at radius 2 is 2.11 bits per heavy atom. The van der Waals surface area contributed by atoms with Crippen molar-refractivity contribution in [3.8, 4) is 0 Å². The second-order valence-electron chi connectivity index (χ2n) is 4.63. The number of fused-ring (bicyclic) bond motifs is 1. The van der Waals surface area contributed by atoms with Crippen molar-refractivity contribution in [1.82, 2.24) is 4.57 Å². The van der Waals surface area contributed by atoms with Crippen LogP contribution in [0.3, 0.4) is 0 Å². The van der Waals surface area contributed by atoms with Crippen molar-refractivity contribution >= 4 is 16.8 Å². The van der Waals surface area contributed by atoms with Gasteiger partial charge in [0.05, 0.1) is 0 Å². The van der Waals surface area contributed by atoms with Gasteiger partial charge in [0, 0.05) is 36.1 Å². The summed E-state index contributed by atoms with van der Waals surface area (Å²) >= 11 is 0. The third-order valence-corrected chi connectivity index (χ3v) is 2.97. The Morgan fingerprint density at radius 3 is 2.83 bits per heavy atom. The summed E-state index contributed by atoms with van der Waals surface area (Å²) in [5, 5.41) is 1.21. The Kier molecular flexibility index (Phi) is 3.81. The van der Waals surface area contributed by atoms with Gasteiger partial charge in [0.2, 0.25) is 0 Å². The van der Waals surface area contributed by atoms with Gasteiger partial charge in [-0.25, -0.2) is 4.79 Å². The molecule has 1 aromatic carbocycles. The van der Waals surface area contributed by atoms with Crippen molar-refractivity contribution in [3.05, 3.63) is 53.8 Å². The molecule has 18 heavy (non-hydrogen) atoms. The Morgan fingerprint density at radius 1 is 1.33 bits per heavy atom. The van der Waals surface area contributed by atoms with E-state index in [0.717, 1.165) is 6.54 Å². The van der Waals surface area contributed by atoms with Crippen molar-refractivity contribution in [3.63, 3.8) is 0 Å². The van der Waals surface area contributed by atoms with Gasteiger partial charge in [-0.15, -0.1) is 0 Å². The third-order valence-electron chi connectivity index (χ3n) is 2.97. The molecule has 0 aliphatic heterocycles. The van der Waals surface area contributed by atoms with Crippen LogP contribution < -0.4 is 0 Å². The summed E-state index contributed by atoms with van der Waals surface area (Å²) in [5.74, 6) is 1.84. The van der Waals surface area contributed by atoms with E-state index >= 15 is 0 Å². The minimum Gasteiger partial charge on any atom is -0.343 e. The van der Waals surface area contributed by atoms with E-state index < -0.39 is 0 Å². The number of carbonyl (C=O) groups excluding carboxylic acids is 1.